The minimum absolute atomic E-state index is 0.0197. The Balaban J connectivity index is 1.25. The van der Waals surface area contributed by atoms with Gasteiger partial charge < -0.3 is 20.9 Å². The zero-order valence-corrected chi connectivity index (χ0v) is 34.5. The molecular formula is C43H69N5O6. The van der Waals surface area contributed by atoms with Crippen molar-refractivity contribution in [1.82, 2.24) is 25.8 Å². The van der Waals surface area contributed by atoms with E-state index in [1.165, 1.54) is 0 Å². The summed E-state index contributed by atoms with van der Waals surface area (Å²) in [5, 5.41) is 8.91. The summed E-state index contributed by atoms with van der Waals surface area (Å²) in [5.41, 5.74) is -0.971. The largest absolute Gasteiger partial charge is 0.347 e. The molecule has 2 heterocycles. The minimum Gasteiger partial charge on any atom is -0.347 e. The molecule has 6 fully saturated rings. The number of nitrogens with zero attached hydrogens (tertiary/aromatic N) is 2. The maximum absolute atomic E-state index is 15.1. The molecule has 2 saturated heterocycles. The first kappa shape index (κ1) is 40.8. The van der Waals surface area contributed by atoms with Crippen LogP contribution in [0, 0.1) is 33.5 Å². The summed E-state index contributed by atoms with van der Waals surface area (Å²) in [7, 11) is 0. The molecule has 0 aromatic carbocycles. The van der Waals surface area contributed by atoms with Gasteiger partial charge in [0.2, 0.25) is 23.5 Å². The van der Waals surface area contributed by atoms with Gasteiger partial charge in [-0.1, -0.05) is 73.6 Å². The van der Waals surface area contributed by atoms with Crippen molar-refractivity contribution < 1.29 is 28.8 Å². The second-order valence-corrected chi connectivity index (χ2v) is 19.9. The maximum atomic E-state index is 15.1. The van der Waals surface area contributed by atoms with Gasteiger partial charge in [-0.2, -0.15) is 0 Å². The second-order valence-electron chi connectivity index (χ2n) is 19.9. The molecule has 4 saturated carbocycles. The number of Topliss-reactive ketones (excluding diaryl/α,β-unsaturated/α-hetero) is 2. The van der Waals surface area contributed by atoms with Crippen LogP contribution < -0.4 is 16.0 Å². The average Bonchev–Trinajstić information content (AvgIpc) is 3.89. The lowest BCUT2D eigenvalue weighted by atomic mass is 9.73. The fourth-order valence-electron chi connectivity index (χ4n) is 11.3. The zero-order valence-electron chi connectivity index (χ0n) is 34.5. The highest BCUT2D eigenvalue weighted by molar-refractivity contribution is 6.38. The Kier molecular flexibility index (Phi) is 11.5. The van der Waals surface area contributed by atoms with Crippen LogP contribution in [0.25, 0.3) is 0 Å². The van der Waals surface area contributed by atoms with Crippen LogP contribution in [0.2, 0.25) is 0 Å². The number of fused-ring (bicyclic) bond motifs is 1. The van der Waals surface area contributed by atoms with Crippen LogP contribution >= 0.6 is 0 Å². The maximum Gasteiger partial charge on any atom is 0.289 e. The summed E-state index contributed by atoms with van der Waals surface area (Å²) >= 11 is 0. The Hall–Kier alpha value is -2.82. The van der Waals surface area contributed by atoms with Gasteiger partial charge >= 0.3 is 0 Å². The van der Waals surface area contributed by atoms with Gasteiger partial charge in [-0.15, -0.1) is 0 Å². The summed E-state index contributed by atoms with van der Waals surface area (Å²) in [6.07, 6.45) is 12.3. The molecule has 6 rings (SSSR count). The molecule has 0 aromatic rings. The van der Waals surface area contributed by atoms with E-state index in [2.05, 4.69) is 48.5 Å². The predicted molar refractivity (Wildman–Crippen MR) is 207 cm³/mol. The van der Waals surface area contributed by atoms with E-state index in [1.54, 1.807) is 4.90 Å². The van der Waals surface area contributed by atoms with Crippen LogP contribution in [-0.4, -0.2) is 94.3 Å². The van der Waals surface area contributed by atoms with Gasteiger partial charge in [0.25, 0.3) is 5.91 Å². The number of ketones is 2. The van der Waals surface area contributed by atoms with Crippen molar-refractivity contribution in [3.63, 3.8) is 0 Å². The molecule has 2 spiro atoms. The van der Waals surface area contributed by atoms with Gasteiger partial charge in [0, 0.05) is 42.9 Å². The molecule has 4 amide bonds. The average molecular weight is 752 g/mol. The van der Waals surface area contributed by atoms with Crippen molar-refractivity contribution in [1.29, 1.82) is 0 Å². The first-order chi connectivity index (χ1) is 25.4. The van der Waals surface area contributed by atoms with Crippen LogP contribution in [-0.2, 0) is 28.8 Å². The van der Waals surface area contributed by atoms with E-state index in [0.29, 0.717) is 25.8 Å². The highest BCUT2D eigenvalue weighted by Crippen LogP contribution is 2.88. The van der Waals surface area contributed by atoms with Crippen molar-refractivity contribution >= 4 is 35.2 Å². The first-order valence-electron chi connectivity index (χ1n) is 21.4. The molecule has 11 heteroatoms. The topological polar surface area (TPSA) is 145 Å². The van der Waals surface area contributed by atoms with E-state index in [1.807, 2.05) is 27.7 Å². The van der Waals surface area contributed by atoms with E-state index >= 15 is 4.79 Å². The highest BCUT2D eigenvalue weighted by Gasteiger charge is 2.85. The SMILES string of the molecule is CCC[C@H](NC(=O)[C@@H]1C[C@@]2(CN1C(=O)[C@@H](NC(=O)[C@@H](CC(=O)[C@@H]1CCN1C(C)C)C1CCCCC1)C(C)(C)C)C(C)(C)C21CCC1)C(=O)C(=O)NC1CC1. The standard InChI is InChI=1S/C43H69N5O6/c1-9-14-30(34(50)38(53)44-28-17-18-28)45-37(52)32-24-43(41(7,8)42(43)20-13-21-42)25-48(32)39(54)35(40(4,5)6)46-36(51)29(27-15-11-10-12-16-27)23-33(49)31-19-22-47(31)26(2)3/h26-32,35H,9-25H2,1-8H3,(H,44,53)(H,45,52)(H,46,51)/t29-,30-,31-,32-,35+,43+/m0/s1. The molecule has 2 aliphatic heterocycles. The van der Waals surface area contributed by atoms with Crippen molar-refractivity contribution in [3.8, 4) is 0 Å². The lowest BCUT2D eigenvalue weighted by Crippen LogP contribution is -2.60. The van der Waals surface area contributed by atoms with Gasteiger partial charge in [0.05, 0.1) is 12.1 Å². The number of carbonyl (C=O) groups excluding carboxylic acids is 6. The van der Waals surface area contributed by atoms with E-state index < -0.39 is 47.1 Å². The van der Waals surface area contributed by atoms with Crippen molar-refractivity contribution in [2.24, 2.45) is 33.5 Å². The number of carbonyl (C=O) groups is 6. The molecule has 0 unspecified atom stereocenters. The summed E-state index contributed by atoms with van der Waals surface area (Å²) in [6, 6.07) is -2.62. The number of rotatable bonds is 15. The molecular weight excluding hydrogens is 683 g/mol. The van der Waals surface area contributed by atoms with Gasteiger partial charge in [-0.25, -0.2) is 0 Å². The number of hydrogen-bond donors (Lipinski definition) is 3. The zero-order chi connectivity index (χ0) is 39.4. The molecule has 0 radical (unpaired) electrons. The number of hydrogen-bond acceptors (Lipinski definition) is 7. The molecule has 11 nitrogen and oxygen atoms in total. The third-order valence-electron chi connectivity index (χ3n) is 15.2. The third kappa shape index (κ3) is 7.29. The number of amides is 4. The Morgan fingerprint density at radius 2 is 1.50 bits per heavy atom. The number of likely N-dealkylation sites (tertiary alicyclic amines) is 2. The van der Waals surface area contributed by atoms with Gasteiger partial charge in [0.15, 0.2) is 5.78 Å². The molecule has 6 aliphatic rings. The van der Waals surface area contributed by atoms with E-state index in [4.69, 9.17) is 0 Å². The molecule has 4 aliphatic carbocycles. The Morgan fingerprint density at radius 3 is 2.00 bits per heavy atom. The van der Waals surface area contributed by atoms with Crippen LogP contribution in [0.5, 0.6) is 0 Å². The minimum atomic E-state index is -0.978. The summed E-state index contributed by atoms with van der Waals surface area (Å²) < 4.78 is 0. The van der Waals surface area contributed by atoms with Gasteiger partial charge in [-0.3, -0.25) is 33.7 Å². The quantitative estimate of drug-likeness (QED) is 0.198. The number of nitrogens with one attached hydrogen (secondary N) is 3. The predicted octanol–water partition coefficient (Wildman–Crippen LogP) is 5.09. The van der Waals surface area contributed by atoms with Crippen LogP contribution in [0.3, 0.4) is 0 Å². The van der Waals surface area contributed by atoms with Crippen LogP contribution in [0.4, 0.5) is 0 Å². The second kappa shape index (κ2) is 15.3. The summed E-state index contributed by atoms with van der Waals surface area (Å²) in [6.45, 7) is 17.8. The Bertz CT molecular complexity index is 1490. The summed E-state index contributed by atoms with van der Waals surface area (Å²) in [5.74, 6) is -2.59. The van der Waals surface area contributed by atoms with Crippen molar-refractivity contribution in [3.05, 3.63) is 0 Å². The lowest BCUT2D eigenvalue weighted by Gasteiger charge is -2.43. The van der Waals surface area contributed by atoms with Gasteiger partial charge in [-0.05, 0) is 93.8 Å². The highest BCUT2D eigenvalue weighted by atomic mass is 16.2. The third-order valence-corrected chi connectivity index (χ3v) is 15.2. The van der Waals surface area contributed by atoms with E-state index in [0.717, 1.165) is 77.2 Å². The molecule has 3 N–H and O–H groups in total. The fourth-order valence-corrected chi connectivity index (χ4v) is 11.3. The fraction of sp³-hybridized carbons (Fsp3) is 0.860. The van der Waals surface area contributed by atoms with Crippen LogP contribution in [0.15, 0.2) is 0 Å². The molecule has 54 heavy (non-hydrogen) atoms. The normalized spacial score (nSPS) is 29.2. The smallest absolute Gasteiger partial charge is 0.289 e. The molecule has 0 bridgehead atoms. The Labute approximate surface area is 323 Å². The molecule has 302 valence electrons. The first-order valence-corrected chi connectivity index (χ1v) is 21.4. The van der Waals surface area contributed by atoms with Crippen molar-refractivity contribution in [2.75, 3.05) is 13.1 Å². The van der Waals surface area contributed by atoms with Gasteiger partial charge in [0.1, 0.15) is 12.1 Å². The molecule has 6 atom stereocenters. The van der Waals surface area contributed by atoms with E-state index in [-0.39, 0.29) is 64.3 Å². The van der Waals surface area contributed by atoms with Crippen LogP contribution in [0.1, 0.15) is 152 Å². The summed E-state index contributed by atoms with van der Waals surface area (Å²) in [4.78, 5) is 87.9. The molecule has 0 aromatic heterocycles. The monoisotopic (exact) mass is 752 g/mol. The van der Waals surface area contributed by atoms with Crippen molar-refractivity contribution in [2.45, 2.75) is 188 Å². The van der Waals surface area contributed by atoms with E-state index in [9.17, 15) is 24.0 Å². The Morgan fingerprint density at radius 1 is 0.833 bits per heavy atom. The lowest BCUT2D eigenvalue weighted by molar-refractivity contribution is -0.146.